The van der Waals surface area contributed by atoms with E-state index >= 15 is 0 Å². The van der Waals surface area contributed by atoms with Gasteiger partial charge in [-0.15, -0.1) is 11.3 Å². The summed E-state index contributed by atoms with van der Waals surface area (Å²) in [5.74, 6) is -0.391. The molecular formula is C12H19NO3S. The SMILES string of the molecule is CCC(CCO)CNCc1cc(C(=O)O)cs1. The van der Waals surface area contributed by atoms with Crippen LogP contribution in [0.3, 0.4) is 0 Å². The molecule has 0 spiro atoms. The van der Waals surface area contributed by atoms with Crippen molar-refractivity contribution >= 4 is 17.3 Å². The van der Waals surface area contributed by atoms with E-state index in [1.54, 1.807) is 11.4 Å². The highest BCUT2D eigenvalue weighted by Gasteiger charge is 2.08. The van der Waals surface area contributed by atoms with Gasteiger partial charge in [-0.2, -0.15) is 0 Å². The Labute approximate surface area is 105 Å². The summed E-state index contributed by atoms with van der Waals surface area (Å²) in [4.78, 5) is 11.7. The zero-order valence-electron chi connectivity index (χ0n) is 9.98. The maximum absolute atomic E-state index is 10.7. The summed E-state index contributed by atoms with van der Waals surface area (Å²) in [5.41, 5.74) is 0.356. The second-order valence-corrected chi connectivity index (χ2v) is 5.02. The first-order valence-corrected chi connectivity index (χ1v) is 6.67. The Balaban J connectivity index is 2.32. The van der Waals surface area contributed by atoms with Crippen LogP contribution in [0.5, 0.6) is 0 Å². The van der Waals surface area contributed by atoms with Crippen molar-refractivity contribution in [2.45, 2.75) is 26.3 Å². The van der Waals surface area contributed by atoms with Gasteiger partial charge in [-0.3, -0.25) is 0 Å². The van der Waals surface area contributed by atoms with Crippen molar-refractivity contribution in [2.75, 3.05) is 13.2 Å². The van der Waals surface area contributed by atoms with Gasteiger partial charge in [0.15, 0.2) is 0 Å². The Bertz CT molecular complexity index is 351. The first-order valence-electron chi connectivity index (χ1n) is 5.79. The second-order valence-electron chi connectivity index (χ2n) is 4.02. The predicted octanol–water partition coefficient (Wildman–Crippen LogP) is 1.94. The number of nitrogens with one attached hydrogen (secondary N) is 1. The highest BCUT2D eigenvalue weighted by molar-refractivity contribution is 7.10. The molecule has 0 fully saturated rings. The lowest BCUT2D eigenvalue weighted by molar-refractivity contribution is 0.0697. The second kappa shape index (κ2) is 7.42. The molecule has 1 atom stereocenters. The summed E-state index contributed by atoms with van der Waals surface area (Å²) < 4.78 is 0. The third-order valence-corrected chi connectivity index (χ3v) is 3.68. The molecule has 0 aliphatic heterocycles. The van der Waals surface area contributed by atoms with E-state index in [1.807, 2.05) is 0 Å². The number of rotatable bonds is 8. The van der Waals surface area contributed by atoms with E-state index in [2.05, 4.69) is 12.2 Å². The summed E-state index contributed by atoms with van der Waals surface area (Å²) in [6.07, 6.45) is 1.85. The molecule has 0 saturated carbocycles. The van der Waals surface area contributed by atoms with E-state index in [9.17, 15) is 4.79 Å². The fourth-order valence-corrected chi connectivity index (χ4v) is 2.45. The normalized spacial score (nSPS) is 12.6. The van der Waals surface area contributed by atoms with E-state index in [4.69, 9.17) is 10.2 Å². The molecule has 0 radical (unpaired) electrons. The topological polar surface area (TPSA) is 69.6 Å². The van der Waals surface area contributed by atoms with Crippen LogP contribution < -0.4 is 5.32 Å². The van der Waals surface area contributed by atoms with Crippen LogP contribution >= 0.6 is 11.3 Å². The molecule has 1 aromatic heterocycles. The standard InChI is InChI=1S/C12H19NO3S/c1-2-9(3-4-14)6-13-7-11-5-10(8-17-11)12(15)16/h5,8-9,13-14H,2-4,6-7H2,1H3,(H,15,16). The Morgan fingerprint density at radius 1 is 1.59 bits per heavy atom. The number of aliphatic hydroxyl groups is 1. The van der Waals surface area contributed by atoms with E-state index in [0.29, 0.717) is 18.0 Å². The van der Waals surface area contributed by atoms with Crippen LogP contribution in [0, 0.1) is 5.92 Å². The molecule has 0 aliphatic rings. The molecule has 96 valence electrons. The molecule has 0 amide bonds. The summed E-state index contributed by atoms with van der Waals surface area (Å²) >= 11 is 1.46. The minimum absolute atomic E-state index is 0.225. The smallest absolute Gasteiger partial charge is 0.336 e. The lowest BCUT2D eigenvalue weighted by Gasteiger charge is -2.13. The van der Waals surface area contributed by atoms with E-state index in [1.165, 1.54) is 11.3 Å². The van der Waals surface area contributed by atoms with Gasteiger partial charge in [0.05, 0.1) is 5.56 Å². The number of aliphatic hydroxyl groups excluding tert-OH is 1. The van der Waals surface area contributed by atoms with Crippen LogP contribution in [0.15, 0.2) is 11.4 Å². The Hall–Kier alpha value is -0.910. The molecule has 1 rings (SSSR count). The van der Waals surface area contributed by atoms with Gasteiger partial charge in [0, 0.05) is 23.4 Å². The molecule has 0 aromatic carbocycles. The first kappa shape index (κ1) is 14.2. The van der Waals surface area contributed by atoms with Gasteiger partial charge in [-0.05, 0) is 24.9 Å². The molecule has 0 aliphatic carbocycles. The summed E-state index contributed by atoms with van der Waals surface area (Å²) in [7, 11) is 0. The molecule has 4 nitrogen and oxygen atoms in total. The van der Waals surface area contributed by atoms with Crippen molar-refractivity contribution in [3.05, 3.63) is 21.9 Å². The van der Waals surface area contributed by atoms with Gasteiger partial charge in [-0.1, -0.05) is 13.3 Å². The summed E-state index contributed by atoms with van der Waals surface area (Å²) in [6, 6.07) is 1.70. The van der Waals surface area contributed by atoms with Crippen LogP contribution in [0.4, 0.5) is 0 Å². The molecule has 3 N–H and O–H groups in total. The molecule has 1 aromatic rings. The molecule has 0 bridgehead atoms. The van der Waals surface area contributed by atoms with Crippen molar-refractivity contribution < 1.29 is 15.0 Å². The number of aromatic carboxylic acids is 1. The molecule has 1 heterocycles. The van der Waals surface area contributed by atoms with Crippen molar-refractivity contribution in [1.82, 2.24) is 5.32 Å². The molecule has 0 saturated heterocycles. The van der Waals surface area contributed by atoms with Gasteiger partial charge in [-0.25, -0.2) is 4.79 Å². The fraction of sp³-hybridized carbons (Fsp3) is 0.583. The maximum Gasteiger partial charge on any atom is 0.336 e. The van der Waals surface area contributed by atoms with E-state index < -0.39 is 5.97 Å². The average Bonchev–Trinajstić information content (AvgIpc) is 2.77. The third-order valence-electron chi connectivity index (χ3n) is 2.75. The minimum atomic E-state index is -0.876. The fourth-order valence-electron chi connectivity index (χ4n) is 1.62. The highest BCUT2D eigenvalue weighted by Crippen LogP contribution is 2.14. The van der Waals surface area contributed by atoms with Crippen molar-refractivity contribution in [3.8, 4) is 0 Å². The molecule has 5 heteroatoms. The predicted molar refractivity (Wildman–Crippen MR) is 68.5 cm³/mol. The monoisotopic (exact) mass is 257 g/mol. The zero-order chi connectivity index (χ0) is 12.7. The van der Waals surface area contributed by atoms with Crippen LogP contribution in [0.25, 0.3) is 0 Å². The van der Waals surface area contributed by atoms with Crippen molar-refractivity contribution in [1.29, 1.82) is 0 Å². The van der Waals surface area contributed by atoms with Gasteiger partial charge >= 0.3 is 5.97 Å². The zero-order valence-corrected chi connectivity index (χ0v) is 10.8. The maximum atomic E-state index is 10.7. The highest BCUT2D eigenvalue weighted by atomic mass is 32.1. The Morgan fingerprint density at radius 2 is 2.35 bits per heavy atom. The minimum Gasteiger partial charge on any atom is -0.478 e. The number of hydrogen-bond acceptors (Lipinski definition) is 4. The van der Waals surface area contributed by atoms with Crippen molar-refractivity contribution in [2.24, 2.45) is 5.92 Å². The average molecular weight is 257 g/mol. The number of carboxylic acid groups (broad SMARTS) is 1. The van der Waals surface area contributed by atoms with Crippen LogP contribution in [0.1, 0.15) is 35.0 Å². The van der Waals surface area contributed by atoms with Gasteiger partial charge in [0.1, 0.15) is 0 Å². The van der Waals surface area contributed by atoms with E-state index in [-0.39, 0.29) is 6.61 Å². The van der Waals surface area contributed by atoms with Gasteiger partial charge in [0.2, 0.25) is 0 Å². The number of carbonyl (C=O) groups is 1. The molecular weight excluding hydrogens is 238 g/mol. The quantitative estimate of drug-likeness (QED) is 0.665. The van der Waals surface area contributed by atoms with Gasteiger partial charge < -0.3 is 15.5 Å². The van der Waals surface area contributed by atoms with E-state index in [0.717, 1.165) is 24.3 Å². The third kappa shape index (κ3) is 4.85. The summed E-state index contributed by atoms with van der Waals surface area (Å²) in [6.45, 7) is 3.88. The van der Waals surface area contributed by atoms with Crippen LogP contribution in [-0.2, 0) is 6.54 Å². The first-order chi connectivity index (χ1) is 8.17. The molecule has 17 heavy (non-hydrogen) atoms. The largest absolute Gasteiger partial charge is 0.478 e. The summed E-state index contributed by atoms with van der Waals surface area (Å²) in [5, 5.41) is 22.6. The Morgan fingerprint density at radius 3 is 2.88 bits per heavy atom. The number of hydrogen-bond donors (Lipinski definition) is 3. The van der Waals surface area contributed by atoms with Gasteiger partial charge in [0.25, 0.3) is 0 Å². The van der Waals surface area contributed by atoms with Crippen LogP contribution in [-0.4, -0.2) is 29.3 Å². The lowest BCUT2D eigenvalue weighted by Crippen LogP contribution is -2.22. The van der Waals surface area contributed by atoms with Crippen LogP contribution in [0.2, 0.25) is 0 Å². The number of carboxylic acids is 1. The lowest BCUT2D eigenvalue weighted by atomic mass is 10.0. The van der Waals surface area contributed by atoms with Crippen molar-refractivity contribution in [3.63, 3.8) is 0 Å². The number of thiophene rings is 1. The Kier molecular flexibility index (Phi) is 6.18. The molecule has 1 unspecified atom stereocenters.